The van der Waals surface area contributed by atoms with E-state index in [0.717, 1.165) is 11.1 Å². The molecule has 0 aromatic heterocycles. The van der Waals surface area contributed by atoms with Crippen LogP contribution in [0.15, 0.2) is 60.7 Å². The summed E-state index contributed by atoms with van der Waals surface area (Å²) in [5, 5.41) is 0. The van der Waals surface area contributed by atoms with Gasteiger partial charge >= 0.3 is 0 Å². The van der Waals surface area contributed by atoms with Crippen LogP contribution in [0.1, 0.15) is 11.1 Å². The molecule has 1 nitrogen and oxygen atoms in total. The third kappa shape index (κ3) is 6.42. The largest absolute Gasteiger partial charge is 0.332 e. The monoisotopic (exact) mass is 1190 g/mol. The summed E-state index contributed by atoms with van der Waals surface area (Å²) in [7, 11) is 0. The van der Waals surface area contributed by atoms with Crippen LogP contribution in [0.2, 0.25) is 0 Å². The highest BCUT2D eigenvalue weighted by Crippen LogP contribution is 2.70. The first-order valence-electron chi connectivity index (χ1n) is 8.00. The van der Waals surface area contributed by atoms with Crippen LogP contribution >= 0.6 is 191 Å². The Morgan fingerprint density at radius 2 is 0.677 bits per heavy atom. The van der Waals surface area contributed by atoms with Gasteiger partial charge in [0.2, 0.25) is 0 Å². The van der Waals surface area contributed by atoms with Gasteiger partial charge in [-0.2, -0.15) is 0 Å². The predicted molar refractivity (Wildman–Crippen MR) is 175 cm³/mol. The van der Waals surface area contributed by atoms with Gasteiger partial charge in [-0.3, -0.25) is 0 Å². The normalized spacial score (nSPS) is 17.7. The molecule has 0 saturated heterocycles. The number of rotatable bonds is 6. The zero-order valence-corrected chi connectivity index (χ0v) is 33.7. The minimum Gasteiger partial charge on any atom is -0.332 e. The minimum absolute atomic E-state index is 0.834. The molecule has 0 aliphatic carbocycles. The van der Waals surface area contributed by atoms with Crippen LogP contribution in [0.5, 0.6) is 0 Å². The standard InChI is InChI=1S/C18H10Br12O/c19-13(11-7-3-1-4-8-11,15(21,22)17(25,26)27)31-14(20,12-9-5-2-6-10-12)16(23,24)18(28,29)30/h1-10H. The summed E-state index contributed by atoms with van der Waals surface area (Å²) in [6.07, 6.45) is 0. The zero-order chi connectivity index (χ0) is 23.9. The van der Waals surface area contributed by atoms with Crippen molar-refractivity contribution in [2.45, 2.75) is 19.8 Å². The minimum atomic E-state index is -1.18. The van der Waals surface area contributed by atoms with Crippen molar-refractivity contribution in [1.29, 1.82) is 0 Å². The molecule has 2 rings (SSSR count). The van der Waals surface area contributed by atoms with Crippen LogP contribution in [0.3, 0.4) is 0 Å². The molecule has 0 aliphatic rings. The number of alkyl halides is 12. The van der Waals surface area contributed by atoms with Crippen molar-refractivity contribution >= 4 is 191 Å². The summed E-state index contributed by atoms with van der Waals surface area (Å²) in [5.74, 6) is 0. The van der Waals surface area contributed by atoms with Gasteiger partial charge in [0, 0.05) is 0 Å². The highest BCUT2D eigenvalue weighted by molar-refractivity contribution is 9.42. The predicted octanol–water partition coefficient (Wildman–Crippen LogP) is 12.1. The summed E-state index contributed by atoms with van der Waals surface area (Å²) in [6.45, 7) is 0. The topological polar surface area (TPSA) is 9.23 Å². The number of benzene rings is 2. The Morgan fingerprint density at radius 1 is 0.419 bits per heavy atom. The second kappa shape index (κ2) is 11.5. The van der Waals surface area contributed by atoms with E-state index >= 15 is 0 Å². The van der Waals surface area contributed by atoms with Crippen molar-refractivity contribution in [1.82, 2.24) is 0 Å². The molecule has 0 heterocycles. The van der Waals surface area contributed by atoms with E-state index in [1.54, 1.807) is 0 Å². The quantitative estimate of drug-likeness (QED) is 0.262. The Morgan fingerprint density at radius 3 is 0.903 bits per heavy atom. The zero-order valence-electron chi connectivity index (χ0n) is 14.7. The van der Waals surface area contributed by atoms with Crippen molar-refractivity contribution < 1.29 is 4.74 Å². The van der Waals surface area contributed by atoms with Gasteiger partial charge in [0.1, 0.15) is 0 Å². The van der Waals surface area contributed by atoms with E-state index in [1.807, 2.05) is 60.7 Å². The molecule has 172 valence electrons. The third-order valence-electron chi connectivity index (χ3n) is 4.09. The molecule has 0 aliphatic heterocycles. The summed E-state index contributed by atoms with van der Waals surface area (Å²) in [4.78, 5) is 0. The Kier molecular flexibility index (Phi) is 11.6. The van der Waals surface area contributed by atoms with Gasteiger partial charge in [0.25, 0.3) is 0 Å². The molecule has 2 atom stereocenters. The molecule has 0 bridgehead atoms. The Hall–Kier alpha value is 4.16. The molecular formula is C18H10Br12O. The van der Waals surface area contributed by atoms with Crippen molar-refractivity contribution in [2.24, 2.45) is 0 Å². The maximum Gasteiger partial charge on any atom is 0.178 e. The summed E-state index contributed by atoms with van der Waals surface area (Å²) < 4.78 is 1.07. The van der Waals surface area contributed by atoms with Crippen molar-refractivity contribution in [3.63, 3.8) is 0 Å². The van der Waals surface area contributed by atoms with E-state index in [9.17, 15) is 0 Å². The van der Waals surface area contributed by atoms with Crippen LogP contribution in [-0.4, -0.2) is 10.8 Å². The van der Waals surface area contributed by atoms with E-state index in [-0.39, 0.29) is 0 Å². The molecular weight excluding hydrogens is 1190 g/mol. The fraction of sp³-hybridized carbons (Fsp3) is 0.333. The fourth-order valence-corrected chi connectivity index (χ4v) is 8.81. The molecule has 0 spiro atoms. The fourth-order valence-electron chi connectivity index (χ4n) is 2.47. The van der Waals surface area contributed by atoms with Crippen LogP contribution in [-0.2, 0) is 13.8 Å². The van der Waals surface area contributed by atoms with E-state index in [1.165, 1.54) is 0 Å². The molecule has 0 radical (unpaired) electrons. The number of hydrogen-bond acceptors (Lipinski definition) is 1. The second-order valence-electron chi connectivity index (χ2n) is 6.17. The van der Waals surface area contributed by atoms with Crippen LogP contribution in [0.25, 0.3) is 0 Å². The van der Waals surface area contributed by atoms with Gasteiger partial charge in [0.15, 0.2) is 19.8 Å². The molecule has 2 unspecified atom stereocenters. The van der Waals surface area contributed by atoms with Crippen molar-refractivity contribution in [2.75, 3.05) is 0 Å². The summed E-state index contributed by atoms with van der Waals surface area (Å²) in [5.41, 5.74) is 1.68. The third-order valence-corrected chi connectivity index (χ3v) is 23.2. The maximum atomic E-state index is 7.05. The lowest BCUT2D eigenvalue weighted by atomic mass is 10.0. The highest BCUT2D eigenvalue weighted by Gasteiger charge is 2.67. The number of halogens is 12. The number of ether oxygens (including phenoxy) is 1. The first kappa shape index (κ1) is 31.4. The van der Waals surface area contributed by atoms with E-state index in [0.29, 0.717) is 0 Å². The average molecular weight is 1200 g/mol. The van der Waals surface area contributed by atoms with Gasteiger partial charge in [-0.05, 0) is 43.0 Å². The lowest BCUT2D eigenvalue weighted by Gasteiger charge is -2.52. The van der Waals surface area contributed by atoms with Gasteiger partial charge in [-0.1, -0.05) is 220 Å². The smallest absolute Gasteiger partial charge is 0.178 e. The summed E-state index contributed by atoms with van der Waals surface area (Å²) in [6, 6.07) is 19.6. The first-order chi connectivity index (χ1) is 13.9. The van der Waals surface area contributed by atoms with Crippen LogP contribution < -0.4 is 0 Å². The molecule has 0 N–H and O–H groups in total. The van der Waals surface area contributed by atoms with Crippen molar-refractivity contribution in [3.05, 3.63) is 71.8 Å². The Labute approximate surface area is 282 Å². The number of hydrogen-bond donors (Lipinski definition) is 0. The van der Waals surface area contributed by atoms with Crippen LogP contribution in [0, 0.1) is 0 Å². The highest BCUT2D eigenvalue weighted by atomic mass is 80.0. The molecule has 0 fully saturated rings. The molecule has 31 heavy (non-hydrogen) atoms. The second-order valence-corrected chi connectivity index (χ2v) is 28.8. The summed E-state index contributed by atoms with van der Waals surface area (Å²) >= 11 is 45.0. The van der Waals surface area contributed by atoms with Gasteiger partial charge in [0.05, 0.1) is 0 Å². The van der Waals surface area contributed by atoms with E-state index < -0.39 is 19.8 Å². The first-order valence-corrected chi connectivity index (χ1v) is 17.5. The molecule has 13 heteroatoms. The lowest BCUT2D eigenvalue weighted by Crippen LogP contribution is -2.56. The Balaban J connectivity index is 2.85. The van der Waals surface area contributed by atoms with Gasteiger partial charge in [-0.25, -0.2) is 0 Å². The molecule has 2 aromatic rings. The van der Waals surface area contributed by atoms with Crippen LogP contribution in [0.4, 0.5) is 0 Å². The van der Waals surface area contributed by atoms with E-state index in [2.05, 4.69) is 191 Å². The Bertz CT molecular complexity index is 804. The maximum absolute atomic E-state index is 7.05. The van der Waals surface area contributed by atoms with E-state index in [4.69, 9.17) is 4.74 Å². The SMILES string of the molecule is BrC(Br)(Br)C(Br)(Br)C(Br)(OC(Br)(c1ccccc1)C(Br)(Br)C(Br)(Br)Br)c1ccccc1. The molecule has 0 amide bonds. The molecule has 0 saturated carbocycles. The van der Waals surface area contributed by atoms with Crippen molar-refractivity contribution in [3.8, 4) is 0 Å². The van der Waals surface area contributed by atoms with Gasteiger partial charge < -0.3 is 4.74 Å². The molecule has 2 aromatic carbocycles. The van der Waals surface area contributed by atoms with Gasteiger partial charge in [-0.15, -0.1) is 0 Å². The average Bonchev–Trinajstić information content (AvgIpc) is 2.67. The lowest BCUT2D eigenvalue weighted by molar-refractivity contribution is -0.0596.